The smallest absolute Gasteiger partial charge is 0.287 e. The van der Waals surface area contributed by atoms with Gasteiger partial charge in [-0.1, -0.05) is 24.3 Å². The summed E-state index contributed by atoms with van der Waals surface area (Å²) in [4.78, 5) is 12.3. The van der Waals surface area contributed by atoms with Gasteiger partial charge in [-0.3, -0.25) is 4.79 Å². The summed E-state index contributed by atoms with van der Waals surface area (Å²) in [5.41, 5.74) is 0.312. The zero-order chi connectivity index (χ0) is 17.9. The monoisotopic (exact) mass is 353 g/mol. The van der Waals surface area contributed by atoms with Gasteiger partial charge in [-0.25, -0.2) is 4.39 Å². The molecule has 2 heterocycles. The number of nitrogens with one attached hydrogen (secondary N) is 1. The molecule has 1 amide bonds. The number of ether oxygens (including phenoxy) is 2. The number of benzene rings is 2. The maximum atomic E-state index is 13.8. The predicted octanol–water partition coefficient (Wildman–Crippen LogP) is 3.66. The van der Waals surface area contributed by atoms with E-state index in [0.29, 0.717) is 29.4 Å². The lowest BCUT2D eigenvalue weighted by molar-refractivity contribution is 0.0773. The summed E-state index contributed by atoms with van der Waals surface area (Å²) in [6.45, 7) is 0.610. The lowest BCUT2D eigenvalue weighted by atomic mass is 10.1. The number of furan rings is 1. The van der Waals surface area contributed by atoms with Gasteiger partial charge in [0.15, 0.2) is 17.3 Å². The first-order valence-corrected chi connectivity index (χ1v) is 8.22. The zero-order valence-corrected chi connectivity index (χ0v) is 13.8. The highest BCUT2D eigenvalue weighted by Gasteiger charge is 2.22. The number of hydrogen-bond donors (Lipinski definition) is 1. The molecule has 1 N–H and O–H groups in total. The Balaban J connectivity index is 1.38. The molecule has 1 aliphatic rings. The molecule has 0 bridgehead atoms. The highest BCUT2D eigenvalue weighted by atomic mass is 19.1. The fraction of sp³-hybridized carbons (Fsp3) is 0.150. The van der Waals surface area contributed by atoms with Crippen molar-refractivity contribution in [1.82, 2.24) is 5.32 Å². The molecular weight excluding hydrogens is 337 g/mol. The molecule has 4 rings (SSSR count). The Hall–Kier alpha value is -3.28. The van der Waals surface area contributed by atoms with E-state index in [9.17, 15) is 9.18 Å². The molecular formula is C20H16FNO4. The second-order valence-corrected chi connectivity index (χ2v) is 5.85. The molecule has 0 saturated carbocycles. The first-order valence-electron chi connectivity index (χ1n) is 8.22. The quantitative estimate of drug-likeness (QED) is 0.778. The normalized spacial score (nSPS) is 15.5. The first kappa shape index (κ1) is 16.2. The molecule has 0 radical (unpaired) electrons. The SMILES string of the molecule is O=C(NCC1COc2ccccc2O1)c1ccc(-c2ccccc2F)o1. The molecule has 6 heteroatoms. The van der Waals surface area contributed by atoms with E-state index in [-0.39, 0.29) is 18.4 Å². The van der Waals surface area contributed by atoms with Crippen LogP contribution in [0.25, 0.3) is 11.3 Å². The standard InChI is InChI=1S/C20H16FNO4/c21-15-6-2-1-5-14(15)16-9-10-19(26-16)20(23)22-11-13-12-24-17-7-3-4-8-18(17)25-13/h1-10,13H,11-12H2,(H,22,23). The molecule has 0 fully saturated rings. The number of halogens is 1. The average molecular weight is 353 g/mol. The summed E-state index contributed by atoms with van der Waals surface area (Å²) in [6.07, 6.45) is -0.296. The topological polar surface area (TPSA) is 60.7 Å². The van der Waals surface area contributed by atoms with E-state index in [1.54, 1.807) is 24.3 Å². The van der Waals surface area contributed by atoms with Gasteiger partial charge in [0.1, 0.15) is 24.3 Å². The number of hydrogen-bond acceptors (Lipinski definition) is 4. The second-order valence-electron chi connectivity index (χ2n) is 5.85. The van der Waals surface area contributed by atoms with Crippen LogP contribution in [0, 0.1) is 5.82 Å². The fourth-order valence-corrected chi connectivity index (χ4v) is 2.72. The van der Waals surface area contributed by atoms with Crippen LogP contribution < -0.4 is 14.8 Å². The highest BCUT2D eigenvalue weighted by molar-refractivity contribution is 5.92. The molecule has 1 aromatic heterocycles. The van der Waals surface area contributed by atoms with Crippen molar-refractivity contribution in [3.63, 3.8) is 0 Å². The molecule has 1 aliphatic heterocycles. The van der Waals surface area contributed by atoms with Crippen LogP contribution in [-0.2, 0) is 0 Å². The van der Waals surface area contributed by atoms with Crippen molar-refractivity contribution in [2.45, 2.75) is 6.10 Å². The summed E-state index contributed by atoms with van der Waals surface area (Å²) in [7, 11) is 0. The van der Waals surface area contributed by atoms with Crippen LogP contribution in [0.2, 0.25) is 0 Å². The average Bonchev–Trinajstić information content (AvgIpc) is 3.16. The Bertz CT molecular complexity index is 937. The molecule has 0 aliphatic carbocycles. The van der Waals surface area contributed by atoms with E-state index in [1.165, 1.54) is 12.1 Å². The van der Waals surface area contributed by atoms with Gasteiger partial charge in [0, 0.05) is 0 Å². The third kappa shape index (κ3) is 3.26. The Labute approximate surface area is 149 Å². The van der Waals surface area contributed by atoms with Gasteiger partial charge < -0.3 is 19.2 Å². The molecule has 0 spiro atoms. The molecule has 1 unspecified atom stereocenters. The van der Waals surface area contributed by atoms with Crippen LogP contribution in [-0.4, -0.2) is 25.2 Å². The maximum absolute atomic E-state index is 13.8. The Morgan fingerprint density at radius 1 is 1.04 bits per heavy atom. The highest BCUT2D eigenvalue weighted by Crippen LogP contribution is 2.30. The van der Waals surface area contributed by atoms with Gasteiger partial charge in [-0.05, 0) is 36.4 Å². The van der Waals surface area contributed by atoms with E-state index < -0.39 is 11.7 Å². The third-order valence-corrected chi connectivity index (χ3v) is 4.03. The minimum absolute atomic E-state index is 0.111. The summed E-state index contributed by atoms with van der Waals surface area (Å²) >= 11 is 0. The first-order chi connectivity index (χ1) is 12.7. The minimum Gasteiger partial charge on any atom is -0.486 e. The van der Waals surface area contributed by atoms with Crippen molar-refractivity contribution >= 4 is 5.91 Å². The summed E-state index contributed by atoms with van der Waals surface area (Å²) in [6, 6.07) is 16.7. The summed E-state index contributed by atoms with van der Waals surface area (Å²) in [5.74, 6) is 0.962. The predicted molar refractivity (Wildman–Crippen MR) is 92.8 cm³/mol. The van der Waals surface area contributed by atoms with Gasteiger partial charge in [-0.2, -0.15) is 0 Å². The lowest BCUT2D eigenvalue weighted by Gasteiger charge is -2.26. The molecule has 26 heavy (non-hydrogen) atoms. The zero-order valence-electron chi connectivity index (χ0n) is 13.8. The van der Waals surface area contributed by atoms with Gasteiger partial charge in [0.25, 0.3) is 5.91 Å². The molecule has 3 aromatic rings. The second kappa shape index (κ2) is 6.92. The number of para-hydroxylation sites is 2. The van der Waals surface area contributed by atoms with Crippen LogP contribution in [0.15, 0.2) is 65.1 Å². The number of carbonyl (C=O) groups excluding carboxylic acids is 1. The maximum Gasteiger partial charge on any atom is 0.287 e. The molecule has 132 valence electrons. The van der Waals surface area contributed by atoms with Crippen LogP contribution in [0.4, 0.5) is 4.39 Å². The fourth-order valence-electron chi connectivity index (χ4n) is 2.72. The minimum atomic E-state index is -0.403. The third-order valence-electron chi connectivity index (χ3n) is 4.03. The van der Waals surface area contributed by atoms with Gasteiger partial charge in [0.05, 0.1) is 12.1 Å². The number of carbonyl (C=O) groups is 1. The number of fused-ring (bicyclic) bond motifs is 1. The van der Waals surface area contributed by atoms with Crippen LogP contribution >= 0.6 is 0 Å². The van der Waals surface area contributed by atoms with Crippen molar-refractivity contribution < 1.29 is 23.1 Å². The van der Waals surface area contributed by atoms with Crippen molar-refractivity contribution in [2.75, 3.05) is 13.2 Å². The van der Waals surface area contributed by atoms with E-state index in [4.69, 9.17) is 13.9 Å². The van der Waals surface area contributed by atoms with E-state index in [0.717, 1.165) is 0 Å². The van der Waals surface area contributed by atoms with Gasteiger partial charge in [-0.15, -0.1) is 0 Å². The summed E-state index contributed by atoms with van der Waals surface area (Å²) < 4.78 is 30.7. The number of rotatable bonds is 4. The van der Waals surface area contributed by atoms with Crippen LogP contribution in [0.1, 0.15) is 10.6 Å². The number of amides is 1. The summed E-state index contributed by atoms with van der Waals surface area (Å²) in [5, 5.41) is 2.75. The van der Waals surface area contributed by atoms with E-state index in [2.05, 4.69) is 5.32 Å². The molecule has 2 aromatic carbocycles. The Morgan fingerprint density at radius 3 is 2.65 bits per heavy atom. The molecule has 0 saturated heterocycles. The van der Waals surface area contributed by atoms with Crippen molar-refractivity contribution in [3.8, 4) is 22.8 Å². The van der Waals surface area contributed by atoms with Crippen molar-refractivity contribution in [3.05, 3.63) is 72.2 Å². The van der Waals surface area contributed by atoms with E-state index in [1.807, 2.05) is 24.3 Å². The van der Waals surface area contributed by atoms with Gasteiger partial charge in [0.2, 0.25) is 0 Å². The molecule has 1 atom stereocenters. The molecule has 5 nitrogen and oxygen atoms in total. The van der Waals surface area contributed by atoms with Crippen LogP contribution in [0.3, 0.4) is 0 Å². The lowest BCUT2D eigenvalue weighted by Crippen LogP contribution is -2.40. The van der Waals surface area contributed by atoms with Crippen LogP contribution in [0.5, 0.6) is 11.5 Å². The largest absolute Gasteiger partial charge is 0.486 e. The van der Waals surface area contributed by atoms with Crippen molar-refractivity contribution in [1.29, 1.82) is 0 Å². The van der Waals surface area contributed by atoms with Gasteiger partial charge >= 0.3 is 0 Å². The Morgan fingerprint density at radius 2 is 1.81 bits per heavy atom. The van der Waals surface area contributed by atoms with Crippen molar-refractivity contribution in [2.24, 2.45) is 0 Å². The van der Waals surface area contributed by atoms with E-state index >= 15 is 0 Å². The Kier molecular flexibility index (Phi) is 4.31.